The Bertz CT molecular complexity index is 3220. The third kappa shape index (κ3) is 5.21. The summed E-state index contributed by atoms with van der Waals surface area (Å²) in [6.07, 6.45) is 0. The largest absolute Gasteiger partial charge is 0.307 e. The van der Waals surface area contributed by atoms with E-state index in [2.05, 4.69) is 185 Å². The van der Waals surface area contributed by atoms with Crippen LogP contribution in [0.1, 0.15) is 0 Å². The van der Waals surface area contributed by atoms with Gasteiger partial charge in [-0.1, -0.05) is 176 Å². The highest BCUT2D eigenvalue weighted by Crippen LogP contribution is 2.42. The highest BCUT2D eigenvalue weighted by Gasteiger charge is 2.23. The summed E-state index contributed by atoms with van der Waals surface area (Å²) in [5.74, 6) is 1.80. The molecule has 11 rings (SSSR count). The van der Waals surface area contributed by atoms with Crippen LogP contribution in [-0.2, 0) is 0 Å². The lowest BCUT2D eigenvalue weighted by atomic mass is 10.0. The van der Waals surface area contributed by atoms with Crippen LogP contribution in [-0.4, -0.2) is 24.1 Å². The van der Waals surface area contributed by atoms with Crippen LogP contribution in [0, 0.1) is 0 Å². The maximum absolute atomic E-state index is 5.32. The number of hydrogen-bond donors (Lipinski definition) is 0. The third-order valence-corrected chi connectivity index (χ3v) is 10.8. The Hall–Kier alpha value is -7.63. The SMILES string of the molecule is c1ccc(-c2ccc(-c3nc(-c4ccccc4)nc(-n4c5ccccc5c5ccc6c7ccccc7n(-c7cccc(-c8ccccc8)c7)c6c54)n3)cc2)cc1. The summed E-state index contributed by atoms with van der Waals surface area (Å²) in [4.78, 5) is 15.7. The van der Waals surface area contributed by atoms with Gasteiger partial charge in [0, 0.05) is 38.4 Å². The van der Waals surface area contributed by atoms with Gasteiger partial charge in [0.1, 0.15) is 0 Å². The first-order valence-corrected chi connectivity index (χ1v) is 18.9. The molecule has 0 aliphatic heterocycles. The molecule has 0 bridgehead atoms. The first-order valence-electron chi connectivity index (χ1n) is 18.9. The molecule has 5 heteroatoms. The van der Waals surface area contributed by atoms with E-state index < -0.39 is 0 Å². The number of aromatic nitrogens is 5. The molecule has 0 aliphatic rings. The predicted molar refractivity (Wildman–Crippen MR) is 230 cm³/mol. The molecule has 0 fully saturated rings. The van der Waals surface area contributed by atoms with Crippen molar-refractivity contribution in [3.8, 4) is 56.7 Å². The molecule has 0 unspecified atom stereocenters. The van der Waals surface area contributed by atoms with Crippen LogP contribution in [0.15, 0.2) is 200 Å². The van der Waals surface area contributed by atoms with Gasteiger partial charge < -0.3 is 4.57 Å². The number of nitrogens with zero attached hydrogens (tertiary/aromatic N) is 5. The van der Waals surface area contributed by atoms with Crippen molar-refractivity contribution in [2.75, 3.05) is 0 Å². The summed E-state index contributed by atoms with van der Waals surface area (Å²) in [5, 5.41) is 4.61. The minimum Gasteiger partial charge on any atom is -0.307 e. The molecule has 8 aromatic carbocycles. The van der Waals surface area contributed by atoms with Crippen LogP contribution in [0.3, 0.4) is 0 Å². The van der Waals surface area contributed by atoms with Gasteiger partial charge in [-0.15, -0.1) is 0 Å². The van der Waals surface area contributed by atoms with E-state index in [1.807, 2.05) is 24.3 Å². The van der Waals surface area contributed by atoms with Crippen molar-refractivity contribution in [3.05, 3.63) is 200 Å². The Morgan fingerprint density at radius 2 is 0.714 bits per heavy atom. The molecule has 0 saturated carbocycles. The lowest BCUT2D eigenvalue weighted by Crippen LogP contribution is -2.07. The van der Waals surface area contributed by atoms with E-state index in [0.717, 1.165) is 66.2 Å². The lowest BCUT2D eigenvalue weighted by Gasteiger charge is -2.14. The Labute approximate surface area is 323 Å². The summed E-state index contributed by atoms with van der Waals surface area (Å²) in [6.45, 7) is 0. The molecular weight excluding hydrogens is 683 g/mol. The first-order chi connectivity index (χ1) is 27.8. The molecule has 0 radical (unpaired) electrons. The fourth-order valence-electron chi connectivity index (χ4n) is 8.18. The first kappa shape index (κ1) is 31.9. The second kappa shape index (κ2) is 13.0. The molecule has 11 aromatic rings. The molecule has 3 aromatic heterocycles. The quantitative estimate of drug-likeness (QED) is 0.172. The Morgan fingerprint density at radius 3 is 1.32 bits per heavy atom. The van der Waals surface area contributed by atoms with Crippen molar-refractivity contribution in [1.29, 1.82) is 0 Å². The zero-order valence-corrected chi connectivity index (χ0v) is 30.3. The number of para-hydroxylation sites is 2. The molecule has 0 aliphatic carbocycles. The van der Waals surface area contributed by atoms with Gasteiger partial charge in [0.2, 0.25) is 5.95 Å². The van der Waals surface area contributed by atoms with Crippen molar-refractivity contribution in [2.45, 2.75) is 0 Å². The molecule has 56 heavy (non-hydrogen) atoms. The summed E-state index contributed by atoms with van der Waals surface area (Å²) in [5.41, 5.74) is 11.9. The smallest absolute Gasteiger partial charge is 0.238 e. The Balaban J connectivity index is 1.22. The normalized spacial score (nSPS) is 11.6. The average molecular weight is 716 g/mol. The van der Waals surface area contributed by atoms with Crippen LogP contribution in [0.5, 0.6) is 0 Å². The van der Waals surface area contributed by atoms with Crippen molar-refractivity contribution in [1.82, 2.24) is 24.1 Å². The molecule has 5 nitrogen and oxygen atoms in total. The molecule has 262 valence electrons. The number of hydrogen-bond acceptors (Lipinski definition) is 3. The number of rotatable bonds is 6. The van der Waals surface area contributed by atoms with Gasteiger partial charge in [-0.3, -0.25) is 4.57 Å². The van der Waals surface area contributed by atoms with Gasteiger partial charge in [0.15, 0.2) is 11.6 Å². The fourth-order valence-corrected chi connectivity index (χ4v) is 8.18. The minimum absolute atomic E-state index is 0.564. The molecule has 0 saturated heterocycles. The topological polar surface area (TPSA) is 48.5 Å². The Morgan fingerprint density at radius 1 is 0.286 bits per heavy atom. The zero-order valence-electron chi connectivity index (χ0n) is 30.3. The van der Waals surface area contributed by atoms with Crippen LogP contribution in [0.4, 0.5) is 0 Å². The van der Waals surface area contributed by atoms with Crippen molar-refractivity contribution < 1.29 is 0 Å². The van der Waals surface area contributed by atoms with Gasteiger partial charge in [-0.25, -0.2) is 4.98 Å². The highest BCUT2D eigenvalue weighted by molar-refractivity contribution is 6.23. The maximum atomic E-state index is 5.32. The van der Waals surface area contributed by atoms with Crippen molar-refractivity contribution >= 4 is 43.6 Å². The fraction of sp³-hybridized carbons (Fsp3) is 0. The second-order valence-electron chi connectivity index (χ2n) is 14.1. The van der Waals surface area contributed by atoms with Gasteiger partial charge in [-0.2, -0.15) is 9.97 Å². The highest BCUT2D eigenvalue weighted by atomic mass is 15.2. The summed E-state index contributed by atoms with van der Waals surface area (Å²) >= 11 is 0. The Kier molecular flexibility index (Phi) is 7.42. The summed E-state index contributed by atoms with van der Waals surface area (Å²) in [7, 11) is 0. The van der Waals surface area contributed by atoms with Gasteiger partial charge in [-0.05, 0) is 46.5 Å². The standard InChI is InChI=1S/C51H33N5/c1-4-15-34(16-5-1)36-27-29-38(30-28-36)50-52-49(37-19-8-3-9-20-37)53-51(54-50)56-46-26-13-11-24-42(46)44-32-31-43-41-23-10-12-25-45(41)55(47(43)48(44)56)40-22-14-21-39(33-40)35-17-6-2-7-18-35/h1-33H. The van der Waals surface area contributed by atoms with E-state index in [1.54, 1.807) is 0 Å². The molecule has 0 amide bonds. The van der Waals surface area contributed by atoms with Gasteiger partial charge in [0.25, 0.3) is 0 Å². The molecule has 0 N–H and O–H groups in total. The van der Waals surface area contributed by atoms with E-state index in [-0.39, 0.29) is 0 Å². The van der Waals surface area contributed by atoms with Crippen LogP contribution in [0.25, 0.3) is 100 Å². The third-order valence-electron chi connectivity index (χ3n) is 10.8. The molecular formula is C51H33N5. The van der Waals surface area contributed by atoms with Crippen LogP contribution >= 0.6 is 0 Å². The minimum atomic E-state index is 0.564. The number of fused-ring (bicyclic) bond motifs is 7. The van der Waals surface area contributed by atoms with Crippen LogP contribution < -0.4 is 0 Å². The van der Waals surface area contributed by atoms with Crippen molar-refractivity contribution in [2.24, 2.45) is 0 Å². The zero-order chi connectivity index (χ0) is 37.0. The number of benzene rings is 8. The molecule has 3 heterocycles. The van der Waals surface area contributed by atoms with Crippen molar-refractivity contribution in [3.63, 3.8) is 0 Å². The van der Waals surface area contributed by atoms with Gasteiger partial charge >= 0.3 is 0 Å². The van der Waals surface area contributed by atoms with E-state index in [9.17, 15) is 0 Å². The maximum Gasteiger partial charge on any atom is 0.238 e. The molecule has 0 spiro atoms. The van der Waals surface area contributed by atoms with Gasteiger partial charge in [0.05, 0.1) is 22.1 Å². The van der Waals surface area contributed by atoms with E-state index in [1.165, 1.54) is 16.5 Å². The van der Waals surface area contributed by atoms with Crippen LogP contribution in [0.2, 0.25) is 0 Å². The lowest BCUT2D eigenvalue weighted by molar-refractivity contribution is 0.953. The van der Waals surface area contributed by atoms with E-state index in [4.69, 9.17) is 15.0 Å². The van der Waals surface area contributed by atoms with E-state index in [0.29, 0.717) is 17.6 Å². The average Bonchev–Trinajstić information content (AvgIpc) is 3.80. The molecule has 0 atom stereocenters. The summed E-state index contributed by atoms with van der Waals surface area (Å²) < 4.78 is 4.66. The summed E-state index contributed by atoms with van der Waals surface area (Å²) in [6, 6.07) is 70.3. The second-order valence-corrected chi connectivity index (χ2v) is 14.1. The monoisotopic (exact) mass is 715 g/mol. The van der Waals surface area contributed by atoms with E-state index >= 15 is 0 Å². The predicted octanol–water partition coefficient (Wildman–Crippen LogP) is 12.7.